The quantitative estimate of drug-likeness (QED) is 0.151. The van der Waals surface area contributed by atoms with Crippen molar-refractivity contribution in [2.75, 3.05) is 4.90 Å². The highest BCUT2D eigenvalue weighted by Gasteiger charge is 2.18. The van der Waals surface area contributed by atoms with E-state index in [1.807, 2.05) is 6.07 Å². The molecule has 1 aromatic heterocycles. The summed E-state index contributed by atoms with van der Waals surface area (Å²) in [5.74, 6) is 0. The fourth-order valence-electron chi connectivity index (χ4n) is 8.69. The van der Waals surface area contributed by atoms with Gasteiger partial charge in [0.05, 0.1) is 0 Å². The van der Waals surface area contributed by atoms with Gasteiger partial charge in [-0.15, -0.1) is 0 Å². The van der Waals surface area contributed by atoms with Crippen molar-refractivity contribution < 1.29 is 4.42 Å². The number of hydrogen-bond donors (Lipinski definition) is 0. The predicted molar refractivity (Wildman–Crippen MR) is 245 cm³/mol. The SMILES string of the molecule is c1ccc(-c2ccc(-c3ccc(N(c4ccccc4)c4ccc(-c5cc6ccccc6c6ccccc56)cc4)cc3)cc2-c2cccc3c2oc2ccccc23)cc1. The number of furan rings is 1. The lowest BCUT2D eigenvalue weighted by atomic mass is 9.90. The smallest absolute Gasteiger partial charge is 0.143 e. The fourth-order valence-corrected chi connectivity index (χ4v) is 8.69. The molecule has 0 spiro atoms. The number of benzene rings is 10. The largest absolute Gasteiger partial charge is 0.455 e. The first kappa shape index (κ1) is 33.6. The van der Waals surface area contributed by atoms with Crippen molar-refractivity contribution >= 4 is 60.5 Å². The van der Waals surface area contributed by atoms with Gasteiger partial charge >= 0.3 is 0 Å². The van der Waals surface area contributed by atoms with E-state index in [-0.39, 0.29) is 0 Å². The second-order valence-electron chi connectivity index (χ2n) is 14.9. The minimum atomic E-state index is 0.901. The molecule has 0 saturated heterocycles. The third-order valence-corrected chi connectivity index (χ3v) is 11.5. The Morgan fingerprint density at radius 3 is 1.59 bits per heavy atom. The molecule has 0 amide bonds. The molecule has 2 nitrogen and oxygen atoms in total. The summed E-state index contributed by atoms with van der Waals surface area (Å²) in [6.07, 6.45) is 0. The Kier molecular flexibility index (Phi) is 8.19. The summed E-state index contributed by atoms with van der Waals surface area (Å²) in [5, 5.41) is 7.33. The average molecular weight is 740 g/mol. The van der Waals surface area contributed by atoms with E-state index in [4.69, 9.17) is 4.42 Å². The Bertz CT molecular complexity index is 3250. The van der Waals surface area contributed by atoms with Gasteiger partial charge in [0.15, 0.2) is 0 Å². The number of rotatable bonds is 7. The molecule has 0 atom stereocenters. The monoisotopic (exact) mass is 739 g/mol. The lowest BCUT2D eigenvalue weighted by molar-refractivity contribution is 0.670. The first-order chi connectivity index (χ1) is 28.8. The van der Waals surface area contributed by atoms with Crippen LogP contribution in [0.5, 0.6) is 0 Å². The normalized spacial score (nSPS) is 11.4. The van der Waals surface area contributed by atoms with Crippen LogP contribution < -0.4 is 4.90 Å². The molecule has 0 aliphatic carbocycles. The summed E-state index contributed by atoms with van der Waals surface area (Å²) in [7, 11) is 0. The molecular formula is C56H37NO. The van der Waals surface area contributed by atoms with Crippen molar-refractivity contribution in [3.8, 4) is 44.5 Å². The molecule has 0 unspecified atom stereocenters. The first-order valence-corrected chi connectivity index (χ1v) is 19.8. The Balaban J connectivity index is 0.988. The number of fused-ring (bicyclic) bond motifs is 6. The molecule has 0 bridgehead atoms. The summed E-state index contributed by atoms with van der Waals surface area (Å²) in [6, 6.07) is 80.5. The molecule has 0 saturated carbocycles. The van der Waals surface area contributed by atoms with E-state index in [2.05, 4.69) is 223 Å². The van der Waals surface area contributed by atoms with E-state index in [0.29, 0.717) is 0 Å². The lowest BCUT2D eigenvalue weighted by Gasteiger charge is -2.26. The second-order valence-corrected chi connectivity index (χ2v) is 14.9. The van der Waals surface area contributed by atoms with Crippen LogP contribution in [0.25, 0.3) is 88.0 Å². The summed E-state index contributed by atoms with van der Waals surface area (Å²) < 4.78 is 6.56. The van der Waals surface area contributed by atoms with Crippen LogP contribution in [0.3, 0.4) is 0 Å². The van der Waals surface area contributed by atoms with Gasteiger partial charge in [-0.1, -0.05) is 170 Å². The fraction of sp³-hybridized carbons (Fsp3) is 0. The topological polar surface area (TPSA) is 16.4 Å². The zero-order valence-corrected chi connectivity index (χ0v) is 31.7. The molecule has 10 aromatic carbocycles. The van der Waals surface area contributed by atoms with Crippen LogP contribution in [-0.2, 0) is 0 Å². The standard InChI is InChI=1S/C56H37NO/c1-3-14-39(15-4-1)47-35-30-41(36-54(47)52-24-13-23-51-50-22-11-12-25-55(50)58-56(51)52)38-26-31-44(32-27-38)57(43-17-5-2-6-18-43)45-33-28-40(29-34-45)53-37-42-16-7-8-19-46(42)48-20-9-10-21-49(48)53/h1-37H. The van der Waals surface area contributed by atoms with Gasteiger partial charge in [0.1, 0.15) is 11.2 Å². The second kappa shape index (κ2) is 14.1. The molecule has 0 radical (unpaired) electrons. The molecule has 0 aliphatic heterocycles. The predicted octanol–water partition coefficient (Wildman–Crippen LogP) is 16.0. The van der Waals surface area contributed by atoms with Gasteiger partial charge in [-0.2, -0.15) is 0 Å². The molecule has 58 heavy (non-hydrogen) atoms. The van der Waals surface area contributed by atoms with Crippen molar-refractivity contribution in [3.63, 3.8) is 0 Å². The van der Waals surface area contributed by atoms with E-state index in [0.717, 1.165) is 61.3 Å². The lowest BCUT2D eigenvalue weighted by Crippen LogP contribution is -2.09. The number of para-hydroxylation sites is 3. The molecule has 1 heterocycles. The van der Waals surface area contributed by atoms with E-state index in [1.165, 1.54) is 43.8 Å². The van der Waals surface area contributed by atoms with Crippen LogP contribution in [-0.4, -0.2) is 0 Å². The number of anilines is 3. The zero-order valence-electron chi connectivity index (χ0n) is 31.7. The maximum Gasteiger partial charge on any atom is 0.143 e. The Morgan fingerprint density at radius 2 is 0.828 bits per heavy atom. The number of nitrogens with zero attached hydrogens (tertiary/aromatic N) is 1. The molecule has 2 heteroatoms. The third-order valence-electron chi connectivity index (χ3n) is 11.5. The minimum Gasteiger partial charge on any atom is -0.455 e. The van der Waals surface area contributed by atoms with Crippen molar-refractivity contribution in [2.24, 2.45) is 0 Å². The molecule has 0 N–H and O–H groups in total. The average Bonchev–Trinajstić information content (AvgIpc) is 3.69. The van der Waals surface area contributed by atoms with Gasteiger partial charge in [-0.05, 0) is 115 Å². The summed E-state index contributed by atoms with van der Waals surface area (Å²) >= 11 is 0. The Labute approximate surface area is 337 Å². The molecule has 11 rings (SSSR count). The van der Waals surface area contributed by atoms with E-state index in [1.54, 1.807) is 0 Å². The summed E-state index contributed by atoms with van der Waals surface area (Å²) in [4.78, 5) is 2.33. The summed E-state index contributed by atoms with van der Waals surface area (Å²) in [6.45, 7) is 0. The Hall–Kier alpha value is -7.68. The number of hydrogen-bond acceptors (Lipinski definition) is 2. The van der Waals surface area contributed by atoms with Crippen LogP contribution in [0.1, 0.15) is 0 Å². The minimum absolute atomic E-state index is 0.901. The van der Waals surface area contributed by atoms with E-state index >= 15 is 0 Å². The molecule has 0 fully saturated rings. The molecular weight excluding hydrogens is 703 g/mol. The van der Waals surface area contributed by atoms with E-state index < -0.39 is 0 Å². The van der Waals surface area contributed by atoms with Crippen LogP contribution in [0.4, 0.5) is 17.1 Å². The van der Waals surface area contributed by atoms with Gasteiger partial charge in [-0.3, -0.25) is 0 Å². The van der Waals surface area contributed by atoms with Gasteiger partial charge in [-0.25, -0.2) is 0 Å². The van der Waals surface area contributed by atoms with Crippen molar-refractivity contribution in [1.29, 1.82) is 0 Å². The highest BCUT2D eigenvalue weighted by molar-refractivity contribution is 6.14. The molecule has 11 aromatic rings. The van der Waals surface area contributed by atoms with Crippen molar-refractivity contribution in [1.82, 2.24) is 0 Å². The van der Waals surface area contributed by atoms with Gasteiger partial charge in [0.25, 0.3) is 0 Å². The van der Waals surface area contributed by atoms with Crippen molar-refractivity contribution in [2.45, 2.75) is 0 Å². The van der Waals surface area contributed by atoms with Crippen LogP contribution >= 0.6 is 0 Å². The van der Waals surface area contributed by atoms with Gasteiger partial charge in [0.2, 0.25) is 0 Å². The first-order valence-electron chi connectivity index (χ1n) is 19.8. The third kappa shape index (κ3) is 5.82. The van der Waals surface area contributed by atoms with Crippen LogP contribution in [0, 0.1) is 0 Å². The maximum absolute atomic E-state index is 6.56. The summed E-state index contributed by atoms with van der Waals surface area (Å²) in [5.41, 5.74) is 14.4. The van der Waals surface area contributed by atoms with Crippen molar-refractivity contribution in [3.05, 3.63) is 224 Å². The molecule has 0 aliphatic rings. The maximum atomic E-state index is 6.56. The van der Waals surface area contributed by atoms with Gasteiger partial charge < -0.3 is 9.32 Å². The molecule has 272 valence electrons. The van der Waals surface area contributed by atoms with Gasteiger partial charge in [0, 0.05) is 33.4 Å². The highest BCUT2D eigenvalue weighted by Crippen LogP contribution is 2.43. The van der Waals surface area contributed by atoms with Crippen LogP contribution in [0.2, 0.25) is 0 Å². The highest BCUT2D eigenvalue weighted by atomic mass is 16.3. The van der Waals surface area contributed by atoms with Crippen LogP contribution in [0.15, 0.2) is 229 Å². The van der Waals surface area contributed by atoms with E-state index in [9.17, 15) is 0 Å². The zero-order chi connectivity index (χ0) is 38.4. The Morgan fingerprint density at radius 1 is 0.276 bits per heavy atom.